The van der Waals surface area contributed by atoms with E-state index in [2.05, 4.69) is 0 Å². The lowest BCUT2D eigenvalue weighted by Gasteiger charge is -2.13. The molecule has 0 amide bonds. The van der Waals surface area contributed by atoms with E-state index < -0.39 is 0 Å². The average molecular weight is 168 g/mol. The fraction of sp³-hybridized carbons (Fsp3) is 0.556. The highest BCUT2D eigenvalue weighted by molar-refractivity contribution is 5.18. The minimum atomic E-state index is 0.257. The number of hydrogen-bond acceptors (Lipinski definition) is 2. The van der Waals surface area contributed by atoms with Gasteiger partial charge < -0.3 is 4.74 Å². The Hall–Kier alpha value is -1.12. The molecule has 1 aliphatic carbocycles. The molecule has 1 aliphatic rings. The molecule has 66 valence electrons. The monoisotopic (exact) mass is 168 g/mol. The van der Waals surface area contributed by atoms with Crippen LogP contribution in [0.3, 0.4) is 0 Å². The highest BCUT2D eigenvalue weighted by Gasteiger charge is 2.24. The van der Waals surface area contributed by atoms with Gasteiger partial charge in [-0.2, -0.15) is 0 Å². The minimum absolute atomic E-state index is 0.257. The molecule has 3 heteroatoms. The van der Waals surface area contributed by atoms with Crippen LogP contribution in [-0.4, -0.2) is 18.9 Å². The predicted molar refractivity (Wildman–Crippen MR) is 46.5 cm³/mol. The number of allylic oxidation sites excluding steroid dienone is 4. The largest absolute Gasteiger partial charge is 0.501 e. The summed E-state index contributed by atoms with van der Waals surface area (Å²) >= 11 is 0. The van der Waals surface area contributed by atoms with Crippen LogP contribution in [-0.2, 0) is 4.74 Å². The van der Waals surface area contributed by atoms with E-state index in [9.17, 15) is 4.91 Å². The average Bonchev–Trinajstić information content (AvgIpc) is 2.03. The number of ether oxygens (including phenoxy) is 1. The molecule has 0 aliphatic heterocycles. The maximum Gasteiger partial charge on any atom is 0.235 e. The van der Waals surface area contributed by atoms with Crippen molar-refractivity contribution in [2.24, 2.45) is 5.92 Å². The normalized spacial score (nSPS) is 22.8. The lowest BCUT2D eigenvalue weighted by Crippen LogP contribution is -2.14. The van der Waals surface area contributed by atoms with Gasteiger partial charge in [0.25, 0.3) is 0 Å². The van der Waals surface area contributed by atoms with Crippen LogP contribution in [0.5, 0.6) is 0 Å². The summed E-state index contributed by atoms with van der Waals surface area (Å²) in [7, 11) is 3.17. The van der Waals surface area contributed by atoms with Crippen LogP contribution in [0.15, 0.2) is 23.6 Å². The molecule has 0 fully saturated rings. The Bertz CT molecular complexity index is 253. The second-order valence-corrected chi connectivity index (χ2v) is 3.03. The first kappa shape index (κ1) is 8.97. The molecule has 0 spiro atoms. The van der Waals surface area contributed by atoms with Gasteiger partial charge in [0.15, 0.2) is 7.05 Å². The molecule has 3 nitrogen and oxygen atoms in total. The second-order valence-electron chi connectivity index (χ2n) is 3.03. The van der Waals surface area contributed by atoms with Crippen molar-refractivity contribution in [2.45, 2.75) is 13.3 Å². The Kier molecular flexibility index (Phi) is 2.63. The maximum absolute atomic E-state index is 11.0. The molecule has 1 unspecified atom stereocenters. The lowest BCUT2D eigenvalue weighted by atomic mass is 9.97. The molecule has 1 atom stereocenters. The standard InChI is InChI=1S/C9H14NO2/c1-7-6-8(12-3)4-5-9(7)10(2)11/h4-5,7H,6H2,1-3H3/q+1. The van der Waals surface area contributed by atoms with Crippen molar-refractivity contribution < 1.29 is 9.50 Å². The van der Waals surface area contributed by atoms with Crippen LogP contribution in [0.4, 0.5) is 0 Å². The number of nitrogens with zero attached hydrogens (tertiary/aromatic N) is 1. The highest BCUT2D eigenvalue weighted by Crippen LogP contribution is 2.24. The zero-order valence-corrected chi connectivity index (χ0v) is 7.70. The predicted octanol–water partition coefficient (Wildman–Crippen LogP) is 1.85. The zero-order valence-electron chi connectivity index (χ0n) is 7.70. The first-order valence-corrected chi connectivity index (χ1v) is 4.00. The second kappa shape index (κ2) is 3.52. The summed E-state index contributed by atoms with van der Waals surface area (Å²) in [4.78, 5) is 11.0. The SMILES string of the molecule is COC1=CC=C([N+](C)=O)C(C)C1. The molecule has 0 heterocycles. The molecular formula is C9H14NO2+. The van der Waals surface area contributed by atoms with E-state index in [1.165, 1.54) is 7.05 Å². The summed E-state index contributed by atoms with van der Waals surface area (Å²) in [5, 5.41) is 0. The van der Waals surface area contributed by atoms with E-state index in [1.807, 2.05) is 19.1 Å². The first-order chi connectivity index (χ1) is 5.65. The third kappa shape index (κ3) is 1.72. The summed E-state index contributed by atoms with van der Waals surface area (Å²) in [6.07, 6.45) is 4.48. The summed E-state index contributed by atoms with van der Waals surface area (Å²) in [5.41, 5.74) is 0.816. The van der Waals surface area contributed by atoms with Gasteiger partial charge >= 0.3 is 0 Å². The molecule has 0 aromatic heterocycles. The summed E-state index contributed by atoms with van der Waals surface area (Å²) in [6, 6.07) is 0. The van der Waals surface area contributed by atoms with Gasteiger partial charge in [-0.05, 0) is 6.08 Å². The van der Waals surface area contributed by atoms with Crippen LogP contribution in [0.25, 0.3) is 0 Å². The van der Waals surface area contributed by atoms with Crippen molar-refractivity contribution in [1.29, 1.82) is 0 Å². The van der Waals surface area contributed by atoms with E-state index in [0.29, 0.717) is 0 Å². The van der Waals surface area contributed by atoms with Gasteiger partial charge in [-0.25, -0.2) is 0 Å². The van der Waals surface area contributed by atoms with Crippen LogP contribution in [0.1, 0.15) is 13.3 Å². The van der Waals surface area contributed by atoms with Gasteiger partial charge in [0.1, 0.15) is 0 Å². The molecule has 0 saturated carbocycles. The molecular weight excluding hydrogens is 154 g/mol. The lowest BCUT2D eigenvalue weighted by molar-refractivity contribution is -0.474. The van der Waals surface area contributed by atoms with E-state index >= 15 is 0 Å². The van der Waals surface area contributed by atoms with Crippen LogP contribution in [0.2, 0.25) is 0 Å². The van der Waals surface area contributed by atoms with Gasteiger partial charge in [-0.15, -0.1) is 0 Å². The first-order valence-electron chi connectivity index (χ1n) is 4.00. The van der Waals surface area contributed by atoms with E-state index in [-0.39, 0.29) is 5.92 Å². The summed E-state index contributed by atoms with van der Waals surface area (Å²) in [6.45, 7) is 2.02. The van der Waals surface area contributed by atoms with E-state index in [4.69, 9.17) is 4.74 Å². The van der Waals surface area contributed by atoms with Gasteiger partial charge in [0.05, 0.1) is 18.8 Å². The van der Waals surface area contributed by atoms with Crippen molar-refractivity contribution >= 4 is 0 Å². The van der Waals surface area contributed by atoms with Crippen molar-refractivity contribution in [3.63, 3.8) is 0 Å². The van der Waals surface area contributed by atoms with Crippen molar-refractivity contribution in [3.8, 4) is 0 Å². The molecule has 0 radical (unpaired) electrons. The smallest absolute Gasteiger partial charge is 0.235 e. The summed E-state index contributed by atoms with van der Waals surface area (Å²) < 4.78 is 6.00. The Morgan fingerprint density at radius 1 is 1.58 bits per heavy atom. The van der Waals surface area contributed by atoms with Gasteiger partial charge in [0.2, 0.25) is 5.70 Å². The Balaban J connectivity index is 2.83. The quantitative estimate of drug-likeness (QED) is 0.589. The van der Waals surface area contributed by atoms with E-state index in [1.54, 1.807) is 7.11 Å². The van der Waals surface area contributed by atoms with Gasteiger partial charge in [-0.3, -0.25) is 0 Å². The maximum atomic E-state index is 11.0. The molecule has 12 heavy (non-hydrogen) atoms. The van der Waals surface area contributed by atoms with E-state index in [0.717, 1.165) is 22.6 Å². The topological polar surface area (TPSA) is 29.3 Å². The Labute approximate surface area is 72.3 Å². The Morgan fingerprint density at radius 3 is 2.67 bits per heavy atom. The van der Waals surface area contributed by atoms with Crippen molar-refractivity contribution in [3.05, 3.63) is 28.5 Å². The fourth-order valence-electron chi connectivity index (χ4n) is 1.38. The number of nitroso groups, excluding NO2 is 1. The molecule has 0 bridgehead atoms. The highest BCUT2D eigenvalue weighted by atomic mass is 16.5. The van der Waals surface area contributed by atoms with Crippen molar-refractivity contribution in [1.82, 2.24) is 0 Å². The van der Waals surface area contributed by atoms with Crippen LogP contribution >= 0.6 is 0 Å². The van der Waals surface area contributed by atoms with Gasteiger partial charge in [-0.1, -0.05) is 6.92 Å². The summed E-state index contributed by atoms with van der Waals surface area (Å²) in [5.74, 6) is 1.19. The van der Waals surface area contributed by atoms with Crippen LogP contribution in [0, 0.1) is 10.8 Å². The Morgan fingerprint density at radius 2 is 2.25 bits per heavy atom. The number of hydrogen-bond donors (Lipinski definition) is 0. The number of rotatable bonds is 2. The zero-order chi connectivity index (χ0) is 9.14. The third-order valence-corrected chi connectivity index (χ3v) is 2.08. The number of methoxy groups -OCH3 is 1. The fourth-order valence-corrected chi connectivity index (χ4v) is 1.38. The molecule has 1 rings (SSSR count). The molecule has 0 saturated heterocycles. The minimum Gasteiger partial charge on any atom is -0.501 e. The molecule has 0 aromatic rings. The molecule has 0 aromatic carbocycles. The third-order valence-electron chi connectivity index (χ3n) is 2.08. The molecule has 0 N–H and O–H groups in total. The van der Waals surface area contributed by atoms with Crippen LogP contribution < -0.4 is 0 Å². The van der Waals surface area contributed by atoms with Crippen molar-refractivity contribution in [2.75, 3.05) is 14.2 Å². The van der Waals surface area contributed by atoms with Gasteiger partial charge in [0, 0.05) is 22.2 Å².